The average Bonchev–Trinajstić information content (AvgIpc) is 2.76. The van der Waals surface area contributed by atoms with Crippen LogP contribution in [0.1, 0.15) is 50.2 Å². The minimum Gasteiger partial charge on any atom is -0.308 e. The number of hydrogen-bond acceptors (Lipinski definition) is 4. The standard InChI is InChI=1S/C14H25N3O2S/c1-10-13(8-15-14(3,4)5)11(2)17(16-10)12-6-7-20(18,19)9-12/h12,15H,6-9H2,1-5H3. The Kier molecular flexibility index (Phi) is 3.99. The Morgan fingerprint density at radius 1 is 1.35 bits per heavy atom. The van der Waals surface area contributed by atoms with Crippen molar-refractivity contribution in [3.05, 3.63) is 17.0 Å². The Balaban J connectivity index is 2.21. The third-order valence-electron chi connectivity index (χ3n) is 3.82. The van der Waals surface area contributed by atoms with Gasteiger partial charge < -0.3 is 5.32 Å². The van der Waals surface area contributed by atoms with E-state index in [-0.39, 0.29) is 23.1 Å². The highest BCUT2D eigenvalue weighted by molar-refractivity contribution is 7.91. The summed E-state index contributed by atoms with van der Waals surface area (Å²) in [7, 11) is -2.88. The Hall–Kier alpha value is -0.880. The zero-order valence-corrected chi connectivity index (χ0v) is 13.8. The fourth-order valence-electron chi connectivity index (χ4n) is 2.63. The van der Waals surface area contributed by atoms with Crippen LogP contribution < -0.4 is 5.32 Å². The Morgan fingerprint density at radius 3 is 2.50 bits per heavy atom. The first kappa shape index (κ1) is 15.5. The van der Waals surface area contributed by atoms with Crippen LogP contribution in [-0.2, 0) is 16.4 Å². The first-order valence-electron chi connectivity index (χ1n) is 7.09. The molecule has 0 bridgehead atoms. The van der Waals surface area contributed by atoms with Crippen LogP contribution in [0.15, 0.2) is 0 Å². The van der Waals surface area contributed by atoms with Gasteiger partial charge in [0.15, 0.2) is 9.84 Å². The van der Waals surface area contributed by atoms with E-state index in [9.17, 15) is 8.42 Å². The molecule has 1 aliphatic rings. The third-order valence-corrected chi connectivity index (χ3v) is 5.57. The lowest BCUT2D eigenvalue weighted by Gasteiger charge is -2.20. The van der Waals surface area contributed by atoms with Crippen LogP contribution in [0.2, 0.25) is 0 Å². The van der Waals surface area contributed by atoms with Crippen LogP contribution in [0.25, 0.3) is 0 Å². The number of hydrogen-bond donors (Lipinski definition) is 1. The van der Waals surface area contributed by atoms with Crippen LogP contribution in [0.3, 0.4) is 0 Å². The largest absolute Gasteiger partial charge is 0.308 e. The first-order chi connectivity index (χ1) is 9.09. The summed E-state index contributed by atoms with van der Waals surface area (Å²) in [5.41, 5.74) is 3.31. The van der Waals surface area contributed by atoms with Crippen LogP contribution in [0.4, 0.5) is 0 Å². The van der Waals surface area contributed by atoms with E-state index in [1.807, 2.05) is 18.5 Å². The fourth-order valence-corrected chi connectivity index (χ4v) is 4.32. The topological polar surface area (TPSA) is 64.0 Å². The van der Waals surface area contributed by atoms with Crippen molar-refractivity contribution in [2.45, 2.75) is 59.2 Å². The molecule has 1 atom stereocenters. The summed E-state index contributed by atoms with van der Waals surface area (Å²) in [5, 5.41) is 8.04. The molecule has 0 amide bonds. The molecule has 0 saturated carbocycles. The van der Waals surface area contributed by atoms with Crippen LogP contribution >= 0.6 is 0 Å². The molecule has 1 aromatic rings. The Morgan fingerprint density at radius 2 is 2.00 bits per heavy atom. The van der Waals surface area contributed by atoms with Gasteiger partial charge in [-0.2, -0.15) is 5.10 Å². The van der Waals surface area contributed by atoms with Gasteiger partial charge in [-0.3, -0.25) is 4.68 Å². The third kappa shape index (κ3) is 3.41. The van der Waals surface area contributed by atoms with Gasteiger partial charge in [0.05, 0.1) is 23.2 Å². The van der Waals surface area contributed by atoms with Gasteiger partial charge in [0.2, 0.25) is 0 Å². The van der Waals surface area contributed by atoms with Gasteiger partial charge in [-0.25, -0.2) is 8.42 Å². The second kappa shape index (κ2) is 5.15. The summed E-state index contributed by atoms with van der Waals surface area (Å²) in [4.78, 5) is 0. The zero-order chi connectivity index (χ0) is 15.1. The Bertz CT molecular complexity index is 597. The van der Waals surface area contributed by atoms with E-state index in [2.05, 4.69) is 31.2 Å². The molecule has 1 aliphatic heterocycles. The molecule has 1 unspecified atom stereocenters. The molecule has 2 rings (SSSR count). The van der Waals surface area contributed by atoms with E-state index in [1.54, 1.807) is 0 Å². The maximum Gasteiger partial charge on any atom is 0.152 e. The van der Waals surface area contributed by atoms with Gasteiger partial charge in [0.25, 0.3) is 0 Å². The SMILES string of the molecule is Cc1nn(C2CCS(=O)(=O)C2)c(C)c1CNC(C)(C)C. The maximum absolute atomic E-state index is 11.6. The van der Waals surface area contributed by atoms with E-state index < -0.39 is 9.84 Å². The lowest BCUT2D eigenvalue weighted by molar-refractivity contribution is 0.422. The van der Waals surface area contributed by atoms with Gasteiger partial charge in [0.1, 0.15) is 0 Å². The summed E-state index contributed by atoms with van der Waals surface area (Å²) in [6.07, 6.45) is 0.677. The molecular weight excluding hydrogens is 274 g/mol. The summed E-state index contributed by atoms with van der Waals surface area (Å²) >= 11 is 0. The van der Waals surface area contributed by atoms with Crippen LogP contribution in [0.5, 0.6) is 0 Å². The molecule has 6 heteroatoms. The van der Waals surface area contributed by atoms with E-state index in [0.29, 0.717) is 6.42 Å². The van der Waals surface area contributed by atoms with Gasteiger partial charge in [-0.1, -0.05) is 0 Å². The predicted octanol–water partition coefficient (Wildman–Crippen LogP) is 1.75. The summed E-state index contributed by atoms with van der Waals surface area (Å²) in [6, 6.07) is 0.00193. The quantitative estimate of drug-likeness (QED) is 0.923. The smallest absolute Gasteiger partial charge is 0.152 e. The lowest BCUT2D eigenvalue weighted by Crippen LogP contribution is -2.35. The molecule has 0 spiro atoms. The van der Waals surface area contributed by atoms with Gasteiger partial charge >= 0.3 is 0 Å². The van der Waals surface area contributed by atoms with Gasteiger partial charge in [-0.05, 0) is 41.0 Å². The predicted molar refractivity (Wildman–Crippen MR) is 80.6 cm³/mol. The van der Waals surface area contributed by atoms with Crippen molar-refractivity contribution in [3.63, 3.8) is 0 Å². The number of sulfone groups is 1. The average molecular weight is 299 g/mol. The number of nitrogens with one attached hydrogen (secondary N) is 1. The van der Waals surface area contributed by atoms with Gasteiger partial charge in [0, 0.05) is 23.3 Å². The van der Waals surface area contributed by atoms with Crippen molar-refractivity contribution in [2.75, 3.05) is 11.5 Å². The second-order valence-corrected chi connectivity index (χ2v) is 8.98. The fraction of sp³-hybridized carbons (Fsp3) is 0.786. The molecule has 1 saturated heterocycles. The monoisotopic (exact) mass is 299 g/mol. The number of aromatic nitrogens is 2. The van der Waals surface area contributed by atoms with E-state index in [0.717, 1.165) is 17.9 Å². The number of rotatable bonds is 3. The Labute approximate surface area is 121 Å². The highest BCUT2D eigenvalue weighted by Gasteiger charge is 2.31. The van der Waals surface area contributed by atoms with Crippen molar-refractivity contribution < 1.29 is 8.42 Å². The van der Waals surface area contributed by atoms with Crippen molar-refractivity contribution in [1.29, 1.82) is 0 Å². The number of aryl methyl sites for hydroxylation is 1. The van der Waals surface area contributed by atoms with E-state index in [1.165, 1.54) is 5.56 Å². The molecule has 1 N–H and O–H groups in total. The molecule has 114 valence electrons. The van der Waals surface area contributed by atoms with E-state index in [4.69, 9.17) is 0 Å². The van der Waals surface area contributed by atoms with Crippen molar-refractivity contribution in [2.24, 2.45) is 0 Å². The molecule has 5 nitrogen and oxygen atoms in total. The van der Waals surface area contributed by atoms with Crippen LogP contribution in [0, 0.1) is 13.8 Å². The normalized spacial score (nSPS) is 22.4. The molecule has 20 heavy (non-hydrogen) atoms. The van der Waals surface area contributed by atoms with E-state index >= 15 is 0 Å². The minimum absolute atomic E-state index is 0.00193. The summed E-state index contributed by atoms with van der Waals surface area (Å²) in [6.45, 7) is 11.2. The molecule has 2 heterocycles. The first-order valence-corrected chi connectivity index (χ1v) is 8.91. The van der Waals surface area contributed by atoms with Crippen molar-refractivity contribution in [3.8, 4) is 0 Å². The summed E-state index contributed by atoms with van der Waals surface area (Å²) < 4.78 is 25.2. The lowest BCUT2D eigenvalue weighted by atomic mass is 10.1. The summed E-state index contributed by atoms with van der Waals surface area (Å²) in [5.74, 6) is 0.507. The van der Waals surface area contributed by atoms with Crippen molar-refractivity contribution >= 4 is 9.84 Å². The maximum atomic E-state index is 11.6. The molecular formula is C14H25N3O2S. The second-order valence-electron chi connectivity index (χ2n) is 6.75. The molecule has 1 aromatic heterocycles. The molecule has 0 aromatic carbocycles. The molecule has 0 radical (unpaired) electrons. The van der Waals surface area contributed by atoms with Crippen molar-refractivity contribution in [1.82, 2.24) is 15.1 Å². The minimum atomic E-state index is -2.88. The highest BCUT2D eigenvalue weighted by atomic mass is 32.2. The molecule has 0 aliphatic carbocycles. The van der Waals surface area contributed by atoms with Gasteiger partial charge in [-0.15, -0.1) is 0 Å². The van der Waals surface area contributed by atoms with Crippen LogP contribution in [-0.4, -0.2) is 35.2 Å². The number of nitrogens with zero attached hydrogens (tertiary/aromatic N) is 2. The highest BCUT2D eigenvalue weighted by Crippen LogP contribution is 2.26. The zero-order valence-electron chi connectivity index (χ0n) is 13.0. The molecule has 1 fully saturated rings.